The molecule has 1 amide bonds. The summed E-state index contributed by atoms with van der Waals surface area (Å²) in [5.74, 6) is 0.860. The van der Waals surface area contributed by atoms with E-state index in [1.165, 1.54) is 11.3 Å². The second kappa shape index (κ2) is 9.27. The van der Waals surface area contributed by atoms with E-state index in [0.717, 1.165) is 18.7 Å². The number of fused-ring (bicyclic) bond motifs is 1. The van der Waals surface area contributed by atoms with Crippen LogP contribution in [-0.4, -0.2) is 24.0 Å². The van der Waals surface area contributed by atoms with Crippen molar-refractivity contribution in [3.63, 3.8) is 0 Å². The highest BCUT2D eigenvalue weighted by Crippen LogP contribution is 2.28. The van der Waals surface area contributed by atoms with E-state index in [1.54, 1.807) is 0 Å². The van der Waals surface area contributed by atoms with E-state index in [-0.39, 0.29) is 5.91 Å². The number of rotatable bonds is 7. The highest BCUT2D eigenvalue weighted by atomic mass is 16.3. The molecule has 4 aromatic rings. The highest BCUT2D eigenvalue weighted by Gasteiger charge is 2.12. The van der Waals surface area contributed by atoms with Crippen molar-refractivity contribution in [2.45, 2.75) is 33.6 Å². The van der Waals surface area contributed by atoms with Crippen LogP contribution in [0.1, 0.15) is 49.5 Å². The Bertz CT molecular complexity index is 1200. The molecule has 0 saturated carbocycles. The van der Waals surface area contributed by atoms with Crippen LogP contribution < -0.4 is 10.2 Å². The average Bonchev–Trinajstić information content (AvgIpc) is 3.24. The highest BCUT2D eigenvalue weighted by molar-refractivity contribution is 6.05. The summed E-state index contributed by atoms with van der Waals surface area (Å²) in [7, 11) is 0. The molecule has 0 saturated heterocycles. The molecule has 1 heterocycles. The largest absolute Gasteiger partial charge is 0.436 e. The average molecular weight is 428 g/mol. The van der Waals surface area contributed by atoms with Crippen LogP contribution in [0.3, 0.4) is 0 Å². The second-order valence-electron chi connectivity index (χ2n) is 8.15. The zero-order valence-electron chi connectivity index (χ0n) is 19.1. The van der Waals surface area contributed by atoms with Gasteiger partial charge in [0.15, 0.2) is 5.58 Å². The second-order valence-corrected chi connectivity index (χ2v) is 8.15. The van der Waals surface area contributed by atoms with Crippen LogP contribution >= 0.6 is 0 Å². The molecule has 3 aromatic carbocycles. The summed E-state index contributed by atoms with van der Waals surface area (Å²) >= 11 is 0. The standard InChI is InChI=1S/C27H29N3O2/c1-5-30(6-2)23-14-11-21(12-15-23)27-29-24-17-22(13-16-25(24)32-27)28-26(31)20-9-7-19(8-10-20)18(3)4/h7-18H,5-6H2,1-4H3,(H,28,31). The Kier molecular flexibility index (Phi) is 6.26. The van der Waals surface area contributed by atoms with E-state index in [2.05, 4.69) is 55.0 Å². The number of benzene rings is 3. The Hall–Kier alpha value is -3.60. The number of nitrogens with one attached hydrogen (secondary N) is 1. The summed E-state index contributed by atoms with van der Waals surface area (Å²) < 4.78 is 5.95. The van der Waals surface area contributed by atoms with E-state index in [1.807, 2.05) is 54.6 Å². The van der Waals surface area contributed by atoms with Gasteiger partial charge in [0.1, 0.15) is 5.52 Å². The van der Waals surface area contributed by atoms with Gasteiger partial charge in [-0.3, -0.25) is 4.79 Å². The van der Waals surface area contributed by atoms with Crippen molar-refractivity contribution in [1.29, 1.82) is 0 Å². The lowest BCUT2D eigenvalue weighted by atomic mass is 10.0. The van der Waals surface area contributed by atoms with Gasteiger partial charge in [0.25, 0.3) is 5.91 Å². The number of carbonyl (C=O) groups excluding carboxylic acids is 1. The lowest BCUT2D eigenvalue weighted by Crippen LogP contribution is -2.21. The number of anilines is 2. The van der Waals surface area contributed by atoms with Crippen molar-refractivity contribution in [1.82, 2.24) is 4.98 Å². The van der Waals surface area contributed by atoms with Gasteiger partial charge >= 0.3 is 0 Å². The van der Waals surface area contributed by atoms with Crippen LogP contribution in [0.5, 0.6) is 0 Å². The molecule has 0 spiro atoms. The van der Waals surface area contributed by atoms with Crippen molar-refractivity contribution >= 4 is 28.4 Å². The summed E-state index contributed by atoms with van der Waals surface area (Å²) in [6, 6.07) is 21.5. The molecule has 5 nitrogen and oxygen atoms in total. The van der Waals surface area contributed by atoms with Crippen LogP contribution in [0.2, 0.25) is 0 Å². The van der Waals surface area contributed by atoms with Crippen LogP contribution in [-0.2, 0) is 0 Å². The third kappa shape index (κ3) is 4.52. The molecule has 0 fully saturated rings. The zero-order valence-corrected chi connectivity index (χ0v) is 19.1. The predicted octanol–water partition coefficient (Wildman–Crippen LogP) is 6.72. The lowest BCUT2D eigenvalue weighted by molar-refractivity contribution is 0.102. The zero-order chi connectivity index (χ0) is 22.7. The lowest BCUT2D eigenvalue weighted by Gasteiger charge is -2.20. The first kappa shape index (κ1) is 21.6. The fourth-order valence-corrected chi connectivity index (χ4v) is 3.75. The molecular formula is C27H29N3O2. The number of hydrogen-bond donors (Lipinski definition) is 1. The molecule has 32 heavy (non-hydrogen) atoms. The molecule has 4 rings (SSSR count). The van der Waals surface area contributed by atoms with Gasteiger partial charge in [-0.25, -0.2) is 4.98 Å². The first-order valence-corrected chi connectivity index (χ1v) is 11.2. The molecule has 164 valence electrons. The summed E-state index contributed by atoms with van der Waals surface area (Å²) in [5.41, 5.74) is 6.03. The molecule has 1 N–H and O–H groups in total. The molecule has 0 radical (unpaired) electrons. The van der Waals surface area contributed by atoms with Gasteiger partial charge in [-0.1, -0.05) is 26.0 Å². The van der Waals surface area contributed by atoms with Gasteiger partial charge in [0, 0.05) is 35.6 Å². The van der Waals surface area contributed by atoms with Gasteiger partial charge in [0.2, 0.25) is 5.89 Å². The molecule has 0 aliphatic heterocycles. The number of aromatic nitrogens is 1. The monoisotopic (exact) mass is 427 g/mol. The van der Waals surface area contributed by atoms with Crippen molar-refractivity contribution in [3.8, 4) is 11.5 Å². The van der Waals surface area contributed by atoms with Crippen molar-refractivity contribution in [3.05, 3.63) is 77.9 Å². The molecule has 5 heteroatoms. The predicted molar refractivity (Wildman–Crippen MR) is 131 cm³/mol. The number of nitrogens with zero attached hydrogens (tertiary/aromatic N) is 2. The van der Waals surface area contributed by atoms with E-state index < -0.39 is 0 Å². The fourth-order valence-electron chi connectivity index (χ4n) is 3.75. The molecule has 0 atom stereocenters. The molecule has 0 bridgehead atoms. The summed E-state index contributed by atoms with van der Waals surface area (Å²) in [4.78, 5) is 19.6. The van der Waals surface area contributed by atoms with Crippen LogP contribution in [0, 0.1) is 0 Å². The maximum Gasteiger partial charge on any atom is 0.255 e. The summed E-state index contributed by atoms with van der Waals surface area (Å²) in [6.45, 7) is 10.5. The first-order valence-electron chi connectivity index (χ1n) is 11.2. The Balaban J connectivity index is 1.52. The minimum absolute atomic E-state index is 0.143. The maximum atomic E-state index is 12.6. The summed E-state index contributed by atoms with van der Waals surface area (Å²) in [6.07, 6.45) is 0. The maximum absolute atomic E-state index is 12.6. The topological polar surface area (TPSA) is 58.4 Å². The molecule has 1 aromatic heterocycles. The van der Waals surface area contributed by atoms with Crippen molar-refractivity contribution in [2.24, 2.45) is 0 Å². The van der Waals surface area contributed by atoms with Crippen LogP contribution in [0.4, 0.5) is 11.4 Å². The number of carbonyl (C=O) groups is 1. The minimum atomic E-state index is -0.143. The third-order valence-corrected chi connectivity index (χ3v) is 5.73. The van der Waals surface area contributed by atoms with Crippen LogP contribution in [0.15, 0.2) is 71.1 Å². The number of amides is 1. The molecular weight excluding hydrogens is 398 g/mol. The Labute approximate surface area is 189 Å². The van der Waals surface area contributed by atoms with E-state index in [9.17, 15) is 4.79 Å². The smallest absolute Gasteiger partial charge is 0.255 e. The van der Waals surface area contributed by atoms with Gasteiger partial charge in [0.05, 0.1) is 0 Å². The molecule has 0 aliphatic carbocycles. The van der Waals surface area contributed by atoms with E-state index in [4.69, 9.17) is 4.42 Å². The van der Waals surface area contributed by atoms with E-state index in [0.29, 0.717) is 34.2 Å². The first-order chi connectivity index (χ1) is 15.5. The van der Waals surface area contributed by atoms with Gasteiger partial charge in [-0.15, -0.1) is 0 Å². The quantitative estimate of drug-likeness (QED) is 0.356. The number of hydrogen-bond acceptors (Lipinski definition) is 4. The Morgan fingerprint density at radius 2 is 1.66 bits per heavy atom. The molecule has 0 unspecified atom stereocenters. The van der Waals surface area contributed by atoms with Crippen molar-refractivity contribution in [2.75, 3.05) is 23.3 Å². The summed E-state index contributed by atoms with van der Waals surface area (Å²) in [5, 5.41) is 2.95. The van der Waals surface area contributed by atoms with Gasteiger partial charge in [-0.2, -0.15) is 0 Å². The van der Waals surface area contributed by atoms with E-state index >= 15 is 0 Å². The van der Waals surface area contributed by atoms with Gasteiger partial charge < -0.3 is 14.6 Å². The van der Waals surface area contributed by atoms with Gasteiger partial charge in [-0.05, 0) is 79.9 Å². The normalized spacial score (nSPS) is 11.2. The van der Waals surface area contributed by atoms with Crippen LogP contribution in [0.25, 0.3) is 22.6 Å². The fraction of sp³-hybridized carbons (Fsp3) is 0.259. The third-order valence-electron chi connectivity index (χ3n) is 5.73. The van der Waals surface area contributed by atoms with Crippen molar-refractivity contribution < 1.29 is 9.21 Å². The SMILES string of the molecule is CCN(CC)c1ccc(-c2nc3cc(NC(=O)c4ccc(C(C)C)cc4)ccc3o2)cc1. The Morgan fingerprint density at radius 3 is 2.28 bits per heavy atom. The Morgan fingerprint density at radius 1 is 0.969 bits per heavy atom. The minimum Gasteiger partial charge on any atom is -0.436 e. The molecule has 0 aliphatic rings. The number of oxazole rings is 1.